The fourth-order valence-corrected chi connectivity index (χ4v) is 5.94. The van der Waals surface area contributed by atoms with Crippen molar-refractivity contribution in [2.45, 2.75) is 70.4 Å². The van der Waals surface area contributed by atoms with Gasteiger partial charge in [-0.1, -0.05) is 32.4 Å². The van der Waals surface area contributed by atoms with Crippen LogP contribution in [0.2, 0.25) is 5.02 Å². The van der Waals surface area contributed by atoms with Crippen LogP contribution >= 0.6 is 48.8 Å². The molecule has 1 fully saturated rings. The summed E-state index contributed by atoms with van der Waals surface area (Å²) in [6.45, 7) is 10.6. The van der Waals surface area contributed by atoms with E-state index in [9.17, 15) is 0 Å². The second kappa shape index (κ2) is 11.3. The lowest BCUT2D eigenvalue weighted by Crippen LogP contribution is -2.43. The van der Waals surface area contributed by atoms with Gasteiger partial charge in [0, 0.05) is 46.5 Å². The summed E-state index contributed by atoms with van der Waals surface area (Å²) in [4.78, 5) is 11.9. The van der Waals surface area contributed by atoms with Crippen LogP contribution in [-0.2, 0) is 18.4 Å². The molecule has 0 bridgehead atoms. The van der Waals surface area contributed by atoms with Gasteiger partial charge in [-0.3, -0.25) is 0 Å². The Labute approximate surface area is 221 Å². The van der Waals surface area contributed by atoms with Gasteiger partial charge >= 0.3 is 0 Å². The van der Waals surface area contributed by atoms with E-state index in [1.807, 2.05) is 0 Å². The Morgan fingerprint density at radius 2 is 1.91 bits per heavy atom. The van der Waals surface area contributed by atoms with Crippen molar-refractivity contribution in [1.29, 1.82) is 0 Å². The number of piperidine rings is 1. The maximum atomic E-state index is 6.80. The van der Waals surface area contributed by atoms with Gasteiger partial charge in [-0.15, -0.1) is 37.2 Å². The monoisotopic (exact) mass is 533 g/mol. The van der Waals surface area contributed by atoms with Gasteiger partial charge in [-0.2, -0.15) is 0 Å². The van der Waals surface area contributed by atoms with E-state index in [2.05, 4.69) is 53.4 Å². The van der Waals surface area contributed by atoms with Crippen LogP contribution in [-0.4, -0.2) is 35.6 Å². The Morgan fingerprint density at radius 3 is 2.61 bits per heavy atom. The Balaban J connectivity index is 0.00000128. The maximum absolute atomic E-state index is 6.80. The van der Waals surface area contributed by atoms with Crippen molar-refractivity contribution in [3.63, 3.8) is 0 Å². The van der Waals surface area contributed by atoms with E-state index in [1.54, 1.807) is 6.33 Å². The lowest BCUT2D eigenvalue weighted by Gasteiger charge is -2.36. The number of nitrogens with one attached hydrogen (secondary N) is 2. The quantitative estimate of drug-likeness (QED) is 0.525. The summed E-state index contributed by atoms with van der Waals surface area (Å²) in [6.07, 6.45) is 6.26. The molecular formula is C24H35Cl4N5. The minimum Gasteiger partial charge on any atom is -0.325 e. The van der Waals surface area contributed by atoms with Gasteiger partial charge in [0.25, 0.3) is 0 Å². The molecule has 0 amide bonds. The Morgan fingerprint density at radius 1 is 1.18 bits per heavy atom. The molecule has 1 aromatic heterocycles. The van der Waals surface area contributed by atoms with Crippen LogP contribution in [0, 0.1) is 0 Å². The Bertz CT molecular complexity index is 962. The summed E-state index contributed by atoms with van der Waals surface area (Å²) in [5, 5.41) is 8.05. The second-order valence-corrected chi connectivity index (χ2v) is 9.98. The van der Waals surface area contributed by atoms with E-state index in [0.29, 0.717) is 12.0 Å². The number of hydrogen-bond acceptors (Lipinski definition) is 5. The molecule has 5 nitrogen and oxygen atoms in total. The fraction of sp³-hybridized carbons (Fsp3) is 0.583. The largest absolute Gasteiger partial charge is 0.325 e. The standard InChI is InChI=1S/C24H32ClN5.3ClH/c1-15(2)27-12-17-18(25)5-7-20-22(17)24(8-10-26-11-9-24)13-30(20)23-21-16(3)4-6-19(21)28-14-29-23;;;/h5,7,14-16,26-27H,4,6,8-13H2,1-3H3;3*1H. The highest BCUT2D eigenvalue weighted by Gasteiger charge is 2.47. The average Bonchev–Trinajstić information content (AvgIpc) is 3.27. The molecule has 0 saturated carbocycles. The molecule has 1 aliphatic carbocycles. The maximum Gasteiger partial charge on any atom is 0.140 e. The number of anilines is 2. The highest BCUT2D eigenvalue weighted by molar-refractivity contribution is 6.31. The summed E-state index contributed by atoms with van der Waals surface area (Å²) < 4.78 is 0. The first kappa shape index (κ1) is 28.4. The minimum atomic E-state index is 0. The summed E-state index contributed by atoms with van der Waals surface area (Å²) >= 11 is 6.80. The molecule has 3 aliphatic rings. The van der Waals surface area contributed by atoms with Gasteiger partial charge in [0.05, 0.1) is 0 Å². The van der Waals surface area contributed by atoms with Crippen LogP contribution in [0.1, 0.15) is 68.3 Å². The molecule has 184 valence electrons. The third-order valence-electron chi connectivity index (χ3n) is 7.27. The van der Waals surface area contributed by atoms with Gasteiger partial charge in [0.2, 0.25) is 0 Å². The summed E-state index contributed by atoms with van der Waals surface area (Å²) in [5.41, 5.74) is 6.72. The fourth-order valence-electron chi connectivity index (χ4n) is 5.71. The Kier molecular flexibility index (Phi) is 9.71. The predicted octanol–water partition coefficient (Wildman–Crippen LogP) is 5.72. The van der Waals surface area contributed by atoms with E-state index in [-0.39, 0.29) is 42.6 Å². The molecule has 1 spiro atoms. The highest BCUT2D eigenvalue weighted by atomic mass is 35.5. The van der Waals surface area contributed by atoms with Crippen LogP contribution < -0.4 is 15.5 Å². The van der Waals surface area contributed by atoms with Crippen molar-refractivity contribution in [1.82, 2.24) is 20.6 Å². The van der Waals surface area contributed by atoms with E-state index >= 15 is 0 Å². The zero-order chi connectivity index (χ0) is 20.9. The number of aryl methyl sites for hydroxylation is 1. The van der Waals surface area contributed by atoms with Crippen molar-refractivity contribution in [3.8, 4) is 0 Å². The molecule has 33 heavy (non-hydrogen) atoms. The molecule has 1 unspecified atom stereocenters. The molecule has 2 N–H and O–H groups in total. The first-order valence-corrected chi connectivity index (χ1v) is 11.8. The number of benzene rings is 1. The third kappa shape index (κ3) is 4.96. The lowest BCUT2D eigenvalue weighted by atomic mass is 9.73. The minimum absolute atomic E-state index is 0. The number of aromatic nitrogens is 2. The number of nitrogens with zero attached hydrogens (tertiary/aromatic N) is 3. The van der Waals surface area contributed by atoms with Crippen LogP contribution in [0.4, 0.5) is 11.5 Å². The summed E-state index contributed by atoms with van der Waals surface area (Å²) in [5.74, 6) is 1.63. The van der Waals surface area contributed by atoms with Gasteiger partial charge in [-0.25, -0.2) is 9.97 Å². The molecule has 2 aromatic rings. The summed E-state index contributed by atoms with van der Waals surface area (Å²) in [6, 6.07) is 4.72. The molecule has 0 radical (unpaired) electrons. The molecular weight excluding hydrogens is 500 g/mol. The van der Waals surface area contributed by atoms with Crippen molar-refractivity contribution in [2.24, 2.45) is 0 Å². The molecule has 1 atom stereocenters. The first-order chi connectivity index (χ1) is 14.5. The lowest BCUT2D eigenvalue weighted by molar-refractivity contribution is 0.326. The van der Waals surface area contributed by atoms with Gasteiger partial charge in [0.1, 0.15) is 12.1 Å². The molecule has 9 heteroatoms. The van der Waals surface area contributed by atoms with Crippen LogP contribution in [0.15, 0.2) is 18.5 Å². The SMILES string of the molecule is CC(C)NCc1c(Cl)ccc2c1C1(CCNCC1)CN2c1ncnc2c1C(C)CC2.Cl.Cl.Cl. The molecule has 2 aliphatic heterocycles. The zero-order valence-electron chi connectivity index (χ0n) is 19.5. The van der Waals surface area contributed by atoms with Crippen LogP contribution in [0.5, 0.6) is 0 Å². The van der Waals surface area contributed by atoms with E-state index in [4.69, 9.17) is 16.6 Å². The molecule has 1 aromatic carbocycles. The van der Waals surface area contributed by atoms with Crippen molar-refractivity contribution in [3.05, 3.63) is 45.9 Å². The first-order valence-electron chi connectivity index (χ1n) is 11.4. The van der Waals surface area contributed by atoms with Gasteiger partial charge in [0.15, 0.2) is 0 Å². The van der Waals surface area contributed by atoms with Crippen LogP contribution in [0.25, 0.3) is 0 Å². The number of fused-ring (bicyclic) bond motifs is 3. The normalized spacial score (nSPS) is 20.0. The molecule has 1 saturated heterocycles. The highest BCUT2D eigenvalue weighted by Crippen LogP contribution is 2.53. The van der Waals surface area contributed by atoms with Crippen molar-refractivity contribution >= 4 is 60.3 Å². The van der Waals surface area contributed by atoms with E-state index in [1.165, 1.54) is 34.5 Å². The number of halogens is 4. The second-order valence-electron chi connectivity index (χ2n) is 9.57. The third-order valence-corrected chi connectivity index (χ3v) is 7.63. The zero-order valence-corrected chi connectivity index (χ0v) is 22.7. The predicted molar refractivity (Wildman–Crippen MR) is 145 cm³/mol. The van der Waals surface area contributed by atoms with Gasteiger partial charge < -0.3 is 15.5 Å². The van der Waals surface area contributed by atoms with Crippen LogP contribution in [0.3, 0.4) is 0 Å². The van der Waals surface area contributed by atoms with E-state index < -0.39 is 0 Å². The Hall–Kier alpha value is -0.820. The number of hydrogen-bond donors (Lipinski definition) is 2. The smallest absolute Gasteiger partial charge is 0.140 e. The average molecular weight is 535 g/mol. The van der Waals surface area contributed by atoms with E-state index in [0.717, 1.165) is 56.3 Å². The number of rotatable bonds is 4. The molecule has 3 heterocycles. The van der Waals surface area contributed by atoms with Crippen molar-refractivity contribution < 1.29 is 0 Å². The topological polar surface area (TPSA) is 53.1 Å². The molecule has 5 rings (SSSR count). The van der Waals surface area contributed by atoms with Gasteiger partial charge in [-0.05, 0) is 68.0 Å². The summed E-state index contributed by atoms with van der Waals surface area (Å²) in [7, 11) is 0. The van der Waals surface area contributed by atoms with Crippen molar-refractivity contribution in [2.75, 3.05) is 24.5 Å².